The van der Waals surface area contributed by atoms with E-state index in [0.29, 0.717) is 6.42 Å². The van der Waals surface area contributed by atoms with E-state index in [1.807, 2.05) is 30.9 Å². The number of aryl methyl sites for hydroxylation is 2. The summed E-state index contributed by atoms with van der Waals surface area (Å²) in [6.07, 6.45) is 0.485. The Labute approximate surface area is 143 Å². The molecule has 1 amide bonds. The maximum atomic E-state index is 12.5. The molecule has 1 aliphatic heterocycles. The van der Waals surface area contributed by atoms with Gasteiger partial charge in [0.25, 0.3) is 0 Å². The summed E-state index contributed by atoms with van der Waals surface area (Å²) in [7, 11) is 1.67. The van der Waals surface area contributed by atoms with Crippen LogP contribution in [-0.4, -0.2) is 49.1 Å². The standard InChI is InChI=1S/C19H25N3O2/c1-14-12-16(15(2)20-14)13-19(23)22-10-8-21(9-11-22)17-4-6-18(24-3)7-5-17/h4-7,12,20H,8-11,13H2,1-3H3. The van der Waals surface area contributed by atoms with Gasteiger partial charge in [0.2, 0.25) is 5.91 Å². The molecular formula is C19H25N3O2. The molecule has 0 radical (unpaired) electrons. The molecule has 24 heavy (non-hydrogen) atoms. The zero-order valence-corrected chi connectivity index (χ0v) is 14.6. The molecule has 0 unspecified atom stereocenters. The molecule has 1 aromatic heterocycles. The summed E-state index contributed by atoms with van der Waals surface area (Å²) in [5.41, 5.74) is 4.49. The van der Waals surface area contributed by atoms with Crippen LogP contribution in [0.4, 0.5) is 5.69 Å². The van der Waals surface area contributed by atoms with Gasteiger partial charge in [0.15, 0.2) is 0 Å². The molecule has 0 aliphatic carbocycles. The zero-order chi connectivity index (χ0) is 17.1. The fourth-order valence-electron chi connectivity index (χ4n) is 3.25. The Balaban J connectivity index is 1.56. The largest absolute Gasteiger partial charge is 0.497 e. The Kier molecular flexibility index (Phi) is 4.79. The summed E-state index contributed by atoms with van der Waals surface area (Å²) in [4.78, 5) is 20.1. The Morgan fingerprint density at radius 1 is 1.12 bits per heavy atom. The molecule has 3 rings (SSSR count). The molecule has 2 aromatic rings. The number of rotatable bonds is 4. The summed E-state index contributed by atoms with van der Waals surface area (Å²) in [6.45, 7) is 7.32. The molecule has 1 N–H and O–H groups in total. The Hall–Kier alpha value is -2.43. The lowest BCUT2D eigenvalue weighted by Gasteiger charge is -2.36. The lowest BCUT2D eigenvalue weighted by atomic mass is 10.1. The predicted molar refractivity (Wildman–Crippen MR) is 95.8 cm³/mol. The molecule has 0 bridgehead atoms. The van der Waals surface area contributed by atoms with Gasteiger partial charge >= 0.3 is 0 Å². The Morgan fingerprint density at radius 2 is 1.79 bits per heavy atom. The average Bonchev–Trinajstić information content (AvgIpc) is 2.92. The molecule has 1 aromatic carbocycles. The van der Waals surface area contributed by atoms with Gasteiger partial charge in [-0.15, -0.1) is 0 Å². The number of ether oxygens (including phenoxy) is 1. The van der Waals surface area contributed by atoms with Gasteiger partial charge in [-0.1, -0.05) is 0 Å². The molecule has 1 saturated heterocycles. The number of amides is 1. The number of benzene rings is 1. The van der Waals surface area contributed by atoms with Gasteiger partial charge in [-0.3, -0.25) is 4.79 Å². The monoisotopic (exact) mass is 327 g/mol. The third-order valence-corrected chi connectivity index (χ3v) is 4.67. The number of carbonyl (C=O) groups excluding carboxylic acids is 1. The van der Waals surface area contributed by atoms with E-state index in [4.69, 9.17) is 4.74 Å². The lowest BCUT2D eigenvalue weighted by Crippen LogP contribution is -2.49. The molecule has 1 fully saturated rings. The number of carbonyl (C=O) groups is 1. The maximum Gasteiger partial charge on any atom is 0.227 e. The van der Waals surface area contributed by atoms with Crippen LogP contribution in [0.3, 0.4) is 0 Å². The molecule has 0 saturated carbocycles. The van der Waals surface area contributed by atoms with Crippen molar-refractivity contribution in [3.8, 4) is 5.75 Å². The SMILES string of the molecule is COc1ccc(N2CCN(C(=O)Cc3cc(C)[nH]c3C)CC2)cc1. The second-order valence-corrected chi connectivity index (χ2v) is 6.35. The predicted octanol–water partition coefficient (Wildman–Crippen LogP) is 2.53. The number of nitrogens with zero attached hydrogens (tertiary/aromatic N) is 2. The van der Waals surface area contributed by atoms with E-state index >= 15 is 0 Å². The molecule has 0 spiro atoms. The maximum absolute atomic E-state index is 12.5. The fourth-order valence-corrected chi connectivity index (χ4v) is 3.25. The van der Waals surface area contributed by atoms with Crippen LogP contribution >= 0.6 is 0 Å². The summed E-state index contributed by atoms with van der Waals surface area (Å²) in [5.74, 6) is 1.08. The number of anilines is 1. The van der Waals surface area contributed by atoms with Crippen molar-refractivity contribution in [1.82, 2.24) is 9.88 Å². The van der Waals surface area contributed by atoms with E-state index in [0.717, 1.165) is 48.9 Å². The Morgan fingerprint density at radius 3 is 2.33 bits per heavy atom. The van der Waals surface area contributed by atoms with E-state index in [1.165, 1.54) is 5.69 Å². The first-order chi connectivity index (χ1) is 11.6. The van der Waals surface area contributed by atoms with Gasteiger partial charge < -0.3 is 19.5 Å². The summed E-state index contributed by atoms with van der Waals surface area (Å²) < 4.78 is 5.20. The highest BCUT2D eigenvalue weighted by Crippen LogP contribution is 2.21. The van der Waals surface area contributed by atoms with Crippen LogP contribution in [0.5, 0.6) is 5.75 Å². The molecule has 5 heteroatoms. The van der Waals surface area contributed by atoms with E-state index in [1.54, 1.807) is 7.11 Å². The van der Waals surface area contributed by atoms with Gasteiger partial charge in [0.05, 0.1) is 13.5 Å². The molecule has 2 heterocycles. The van der Waals surface area contributed by atoms with E-state index in [-0.39, 0.29) is 5.91 Å². The Bertz CT molecular complexity index is 698. The van der Waals surface area contributed by atoms with Crippen LogP contribution < -0.4 is 9.64 Å². The first kappa shape index (κ1) is 16.4. The number of hydrogen-bond acceptors (Lipinski definition) is 3. The van der Waals surface area contributed by atoms with Crippen LogP contribution in [0.1, 0.15) is 17.0 Å². The number of nitrogens with one attached hydrogen (secondary N) is 1. The van der Waals surface area contributed by atoms with Gasteiger partial charge in [0, 0.05) is 43.3 Å². The van der Waals surface area contributed by atoms with Crippen molar-refractivity contribution < 1.29 is 9.53 Å². The van der Waals surface area contributed by atoms with Gasteiger partial charge in [-0.25, -0.2) is 0 Å². The molecule has 0 atom stereocenters. The van der Waals surface area contributed by atoms with Crippen LogP contribution in [0.2, 0.25) is 0 Å². The minimum Gasteiger partial charge on any atom is -0.497 e. The van der Waals surface area contributed by atoms with Gasteiger partial charge in [0.1, 0.15) is 5.75 Å². The third kappa shape index (κ3) is 3.55. The molecule has 128 valence electrons. The first-order valence-corrected chi connectivity index (χ1v) is 8.38. The van der Waals surface area contributed by atoms with Gasteiger partial charge in [-0.2, -0.15) is 0 Å². The van der Waals surface area contributed by atoms with Crippen molar-refractivity contribution in [2.24, 2.45) is 0 Å². The number of aromatic amines is 1. The van der Waals surface area contributed by atoms with Crippen LogP contribution in [0, 0.1) is 13.8 Å². The van der Waals surface area contributed by atoms with Crippen LogP contribution in [0.15, 0.2) is 30.3 Å². The van der Waals surface area contributed by atoms with Crippen molar-refractivity contribution in [2.75, 3.05) is 38.2 Å². The van der Waals surface area contributed by atoms with Gasteiger partial charge in [-0.05, 0) is 49.7 Å². The first-order valence-electron chi connectivity index (χ1n) is 8.38. The normalized spacial score (nSPS) is 14.8. The average molecular weight is 327 g/mol. The number of H-pyrrole nitrogens is 1. The highest BCUT2D eigenvalue weighted by molar-refractivity contribution is 5.79. The van der Waals surface area contributed by atoms with Crippen molar-refractivity contribution >= 4 is 11.6 Å². The van der Waals surface area contributed by atoms with Crippen LogP contribution in [-0.2, 0) is 11.2 Å². The van der Waals surface area contributed by atoms with E-state index in [9.17, 15) is 4.79 Å². The number of methoxy groups -OCH3 is 1. The second-order valence-electron chi connectivity index (χ2n) is 6.35. The number of piperazine rings is 1. The van der Waals surface area contributed by atoms with Crippen LogP contribution in [0.25, 0.3) is 0 Å². The lowest BCUT2D eigenvalue weighted by molar-refractivity contribution is -0.130. The van der Waals surface area contributed by atoms with Crippen molar-refractivity contribution in [2.45, 2.75) is 20.3 Å². The van der Waals surface area contributed by atoms with E-state index in [2.05, 4.69) is 28.1 Å². The highest BCUT2D eigenvalue weighted by Gasteiger charge is 2.22. The molecule has 5 nitrogen and oxygen atoms in total. The van der Waals surface area contributed by atoms with E-state index < -0.39 is 0 Å². The zero-order valence-electron chi connectivity index (χ0n) is 14.6. The minimum absolute atomic E-state index is 0.214. The summed E-state index contributed by atoms with van der Waals surface area (Å²) >= 11 is 0. The topological polar surface area (TPSA) is 48.6 Å². The smallest absolute Gasteiger partial charge is 0.227 e. The second kappa shape index (κ2) is 6.99. The molecular weight excluding hydrogens is 302 g/mol. The minimum atomic E-state index is 0.214. The fraction of sp³-hybridized carbons (Fsp3) is 0.421. The highest BCUT2D eigenvalue weighted by atomic mass is 16.5. The number of hydrogen-bond donors (Lipinski definition) is 1. The van der Waals surface area contributed by atoms with Crippen molar-refractivity contribution in [3.63, 3.8) is 0 Å². The quantitative estimate of drug-likeness (QED) is 0.939. The molecule has 1 aliphatic rings. The summed E-state index contributed by atoms with van der Waals surface area (Å²) in [6, 6.07) is 10.2. The number of aromatic nitrogens is 1. The van der Waals surface area contributed by atoms with Crippen molar-refractivity contribution in [3.05, 3.63) is 47.3 Å². The van der Waals surface area contributed by atoms with Crippen molar-refractivity contribution in [1.29, 1.82) is 0 Å². The summed E-state index contributed by atoms with van der Waals surface area (Å²) in [5, 5.41) is 0. The third-order valence-electron chi connectivity index (χ3n) is 4.67.